The number of hydrogen-bond acceptors (Lipinski definition) is 2. The van der Waals surface area contributed by atoms with E-state index in [1.807, 2.05) is 20.9 Å². The first-order valence-electron chi connectivity index (χ1n) is 12.6. The van der Waals surface area contributed by atoms with Crippen LogP contribution in [0, 0.1) is 19.7 Å². The molecule has 182 valence electrons. The first-order chi connectivity index (χ1) is 16.6. The molecule has 0 N–H and O–H groups in total. The second-order valence-corrected chi connectivity index (χ2v) is 10.3. The zero-order chi connectivity index (χ0) is 25.2. The van der Waals surface area contributed by atoms with Gasteiger partial charge in [-0.05, 0) is 97.9 Å². The van der Waals surface area contributed by atoms with Gasteiger partial charge in [-0.3, -0.25) is 9.59 Å². The second kappa shape index (κ2) is 8.47. The number of fused-ring (bicyclic) bond motifs is 2. The monoisotopic (exact) mass is 472 g/mol. The van der Waals surface area contributed by atoms with Crippen LogP contribution in [0.1, 0.15) is 71.9 Å². The molecule has 4 aromatic rings. The Morgan fingerprint density at radius 3 is 2.34 bits per heavy atom. The molecule has 2 aromatic heterocycles. The predicted octanol–water partition coefficient (Wildman–Crippen LogP) is 5.93. The van der Waals surface area contributed by atoms with E-state index in [1.165, 1.54) is 30.5 Å². The maximum atomic E-state index is 13.9. The Morgan fingerprint density at radius 2 is 1.69 bits per heavy atom. The zero-order valence-corrected chi connectivity index (χ0v) is 21.5. The molecule has 0 spiro atoms. The summed E-state index contributed by atoms with van der Waals surface area (Å²) in [7, 11) is 3.57. The first-order valence-corrected chi connectivity index (χ1v) is 12.6. The number of aromatic nitrogens is 2. The summed E-state index contributed by atoms with van der Waals surface area (Å²) >= 11 is 0. The molecule has 2 heterocycles. The number of hydrogen-bond donors (Lipinski definition) is 0. The van der Waals surface area contributed by atoms with Crippen molar-refractivity contribution in [1.29, 1.82) is 0 Å². The molecule has 5 heteroatoms. The molecule has 0 radical (unpaired) electrons. The van der Waals surface area contributed by atoms with Crippen LogP contribution in [0.4, 0.5) is 4.39 Å². The normalized spacial score (nSPS) is 14.7. The summed E-state index contributed by atoms with van der Waals surface area (Å²) in [6.07, 6.45) is 3.76. The summed E-state index contributed by atoms with van der Waals surface area (Å²) in [5, 5.41) is 2.04. The van der Waals surface area contributed by atoms with Crippen LogP contribution in [0.3, 0.4) is 0 Å². The van der Waals surface area contributed by atoms with Gasteiger partial charge < -0.3 is 9.13 Å². The average Bonchev–Trinajstić information content (AvgIpc) is 3.67. The lowest BCUT2D eigenvalue weighted by molar-refractivity contribution is 0.628. The van der Waals surface area contributed by atoms with Crippen molar-refractivity contribution in [2.24, 2.45) is 14.1 Å². The van der Waals surface area contributed by atoms with E-state index in [0.717, 1.165) is 44.1 Å². The van der Waals surface area contributed by atoms with E-state index in [-0.39, 0.29) is 22.9 Å². The van der Waals surface area contributed by atoms with Gasteiger partial charge in [0.2, 0.25) is 0 Å². The molecular weight excluding hydrogens is 439 g/mol. The SMILES string of the molecule is CCc1c(C)c2cc(C3CC3)cc(CC(C)c3c(C)c4ccc(F)cc4n(C)c3=O)c2n(C)c1=O. The van der Waals surface area contributed by atoms with Gasteiger partial charge in [-0.1, -0.05) is 19.9 Å². The van der Waals surface area contributed by atoms with Gasteiger partial charge in [0.1, 0.15) is 5.82 Å². The molecule has 0 aliphatic heterocycles. The molecule has 0 bridgehead atoms. The van der Waals surface area contributed by atoms with Crippen molar-refractivity contribution < 1.29 is 4.39 Å². The van der Waals surface area contributed by atoms with Gasteiger partial charge in [0.25, 0.3) is 11.1 Å². The number of pyridine rings is 2. The summed E-state index contributed by atoms with van der Waals surface area (Å²) in [5.41, 5.74) is 7.60. The fraction of sp³-hybridized carbons (Fsp3) is 0.400. The highest BCUT2D eigenvalue weighted by atomic mass is 19.1. The summed E-state index contributed by atoms with van der Waals surface area (Å²) in [5.74, 6) is 0.168. The maximum Gasteiger partial charge on any atom is 0.254 e. The molecule has 0 amide bonds. The lowest BCUT2D eigenvalue weighted by atomic mass is 9.87. The van der Waals surface area contributed by atoms with E-state index in [9.17, 15) is 14.0 Å². The molecule has 1 atom stereocenters. The summed E-state index contributed by atoms with van der Waals surface area (Å²) in [4.78, 5) is 26.6. The Balaban J connectivity index is 1.71. The zero-order valence-electron chi connectivity index (χ0n) is 21.5. The van der Waals surface area contributed by atoms with Crippen molar-refractivity contribution >= 4 is 21.8 Å². The van der Waals surface area contributed by atoms with Gasteiger partial charge in [-0.25, -0.2) is 4.39 Å². The van der Waals surface area contributed by atoms with Crippen LogP contribution in [0.25, 0.3) is 21.8 Å². The number of nitrogens with zero attached hydrogens (tertiary/aromatic N) is 2. The van der Waals surface area contributed by atoms with Crippen molar-refractivity contribution in [3.8, 4) is 0 Å². The summed E-state index contributed by atoms with van der Waals surface area (Å²) in [6, 6.07) is 9.18. The van der Waals surface area contributed by atoms with Crippen LogP contribution >= 0.6 is 0 Å². The Morgan fingerprint density at radius 1 is 0.971 bits per heavy atom. The molecule has 1 fully saturated rings. The molecule has 2 aromatic carbocycles. The first kappa shape index (κ1) is 23.5. The summed E-state index contributed by atoms with van der Waals surface area (Å²) < 4.78 is 17.3. The Kier molecular flexibility index (Phi) is 5.70. The second-order valence-electron chi connectivity index (χ2n) is 10.3. The third-order valence-corrected chi connectivity index (χ3v) is 8.05. The van der Waals surface area contributed by atoms with E-state index in [1.54, 1.807) is 22.2 Å². The van der Waals surface area contributed by atoms with Crippen molar-refractivity contribution in [2.45, 2.75) is 65.2 Å². The van der Waals surface area contributed by atoms with Crippen molar-refractivity contribution in [3.63, 3.8) is 0 Å². The number of halogens is 1. The maximum absolute atomic E-state index is 13.9. The molecule has 5 rings (SSSR count). The predicted molar refractivity (Wildman–Crippen MR) is 141 cm³/mol. The van der Waals surface area contributed by atoms with Crippen LogP contribution in [0.2, 0.25) is 0 Å². The van der Waals surface area contributed by atoms with Crippen molar-refractivity contribution in [1.82, 2.24) is 9.13 Å². The molecule has 1 aliphatic rings. The molecule has 1 aliphatic carbocycles. The molecule has 35 heavy (non-hydrogen) atoms. The topological polar surface area (TPSA) is 44.0 Å². The van der Waals surface area contributed by atoms with Gasteiger partial charge in [-0.2, -0.15) is 0 Å². The van der Waals surface area contributed by atoms with Crippen molar-refractivity contribution in [2.75, 3.05) is 0 Å². The Bertz CT molecular complexity index is 1620. The van der Waals surface area contributed by atoms with Gasteiger partial charge in [0.05, 0.1) is 11.0 Å². The minimum absolute atomic E-state index is 0.0606. The molecule has 0 saturated heterocycles. The molecule has 4 nitrogen and oxygen atoms in total. The van der Waals surface area contributed by atoms with Crippen LogP contribution in [0.15, 0.2) is 39.9 Å². The number of rotatable bonds is 5. The van der Waals surface area contributed by atoms with Gasteiger partial charge in [-0.15, -0.1) is 0 Å². The highest BCUT2D eigenvalue weighted by molar-refractivity contribution is 5.88. The van der Waals surface area contributed by atoms with E-state index in [0.29, 0.717) is 24.3 Å². The van der Waals surface area contributed by atoms with Gasteiger partial charge in [0.15, 0.2) is 0 Å². The minimum Gasteiger partial charge on any atom is -0.311 e. The van der Waals surface area contributed by atoms with E-state index >= 15 is 0 Å². The third-order valence-electron chi connectivity index (χ3n) is 8.05. The Labute approximate surface area is 205 Å². The fourth-order valence-corrected chi connectivity index (χ4v) is 5.96. The third kappa shape index (κ3) is 3.72. The lowest BCUT2D eigenvalue weighted by Gasteiger charge is -2.21. The van der Waals surface area contributed by atoms with Crippen LogP contribution in [0.5, 0.6) is 0 Å². The van der Waals surface area contributed by atoms with Crippen LogP contribution in [-0.4, -0.2) is 9.13 Å². The lowest BCUT2D eigenvalue weighted by Crippen LogP contribution is -2.26. The molecule has 1 saturated carbocycles. The van der Waals surface area contributed by atoms with Crippen LogP contribution in [-0.2, 0) is 26.9 Å². The quantitative estimate of drug-likeness (QED) is 0.361. The number of aryl methyl sites for hydroxylation is 4. The van der Waals surface area contributed by atoms with E-state index in [2.05, 4.69) is 26.0 Å². The minimum atomic E-state index is -0.348. The van der Waals surface area contributed by atoms with Crippen LogP contribution < -0.4 is 11.1 Å². The highest BCUT2D eigenvalue weighted by Gasteiger charge is 2.27. The smallest absolute Gasteiger partial charge is 0.254 e. The Hall–Kier alpha value is -3.21. The average molecular weight is 473 g/mol. The molecular formula is C30H33FN2O2. The fourth-order valence-electron chi connectivity index (χ4n) is 5.96. The standard InChI is InChI=1S/C30H33FN2O2/c1-7-23-17(3)25-14-20(19-8-9-19)13-21(28(25)33(6)29(23)34)12-16(2)27-18(4)24-11-10-22(31)15-26(24)32(5)30(27)35/h10-11,13-16,19H,7-9,12H2,1-6H3. The summed E-state index contributed by atoms with van der Waals surface area (Å²) in [6.45, 7) is 8.14. The van der Waals surface area contributed by atoms with Gasteiger partial charge in [0, 0.05) is 36.0 Å². The molecule has 1 unspecified atom stereocenters. The van der Waals surface area contributed by atoms with Crippen molar-refractivity contribution in [3.05, 3.63) is 90.2 Å². The van der Waals surface area contributed by atoms with Gasteiger partial charge >= 0.3 is 0 Å². The largest absolute Gasteiger partial charge is 0.311 e. The highest BCUT2D eigenvalue weighted by Crippen LogP contribution is 2.42. The van der Waals surface area contributed by atoms with E-state index < -0.39 is 0 Å². The number of benzene rings is 2. The van der Waals surface area contributed by atoms with E-state index in [4.69, 9.17) is 0 Å².